The number of carbonyl (C=O) groups excluding carboxylic acids is 2. The molecular formula is C28H38N2O4. The van der Waals surface area contributed by atoms with Crippen LogP contribution in [-0.4, -0.2) is 48.3 Å². The van der Waals surface area contributed by atoms with Crippen molar-refractivity contribution >= 4 is 17.6 Å². The predicted octanol–water partition coefficient (Wildman–Crippen LogP) is 5.32. The number of piperidine rings is 1. The average Bonchev–Trinajstić information content (AvgIpc) is 2.78. The number of allylic oxidation sites excluding steroid dienone is 3. The number of benzene rings is 1. The summed E-state index contributed by atoms with van der Waals surface area (Å²) in [7, 11) is 0. The van der Waals surface area contributed by atoms with Crippen LogP contribution < -0.4 is 0 Å². The topological polar surface area (TPSA) is 68.2 Å². The Bertz CT molecular complexity index is 957. The molecule has 2 aliphatic rings. The van der Waals surface area contributed by atoms with Gasteiger partial charge in [-0.3, -0.25) is 4.79 Å². The lowest BCUT2D eigenvalue weighted by molar-refractivity contribution is -0.137. The van der Waals surface area contributed by atoms with Gasteiger partial charge in [0, 0.05) is 25.9 Å². The van der Waals surface area contributed by atoms with Crippen molar-refractivity contribution in [1.82, 2.24) is 4.90 Å². The summed E-state index contributed by atoms with van der Waals surface area (Å²) >= 11 is 0. The number of nitrogens with zero attached hydrogens (tertiary/aromatic N) is 2. The van der Waals surface area contributed by atoms with E-state index in [2.05, 4.69) is 30.3 Å². The monoisotopic (exact) mass is 466 g/mol. The van der Waals surface area contributed by atoms with Crippen LogP contribution in [0.25, 0.3) is 0 Å². The molecule has 34 heavy (non-hydrogen) atoms. The van der Waals surface area contributed by atoms with E-state index in [1.807, 2.05) is 43.9 Å². The third kappa shape index (κ3) is 7.57. The fourth-order valence-corrected chi connectivity index (χ4v) is 4.50. The van der Waals surface area contributed by atoms with E-state index in [-0.39, 0.29) is 24.6 Å². The van der Waals surface area contributed by atoms with Gasteiger partial charge in [0.05, 0.1) is 11.3 Å². The number of amides is 1. The number of carbonyl (C=O) groups is 2. The molecule has 1 aromatic rings. The number of rotatable bonds is 3. The molecule has 0 aromatic heterocycles. The number of ether oxygens (including phenoxy) is 1. The van der Waals surface area contributed by atoms with Crippen LogP contribution in [0.3, 0.4) is 0 Å². The lowest BCUT2D eigenvalue weighted by Crippen LogP contribution is -2.37. The van der Waals surface area contributed by atoms with E-state index in [0.29, 0.717) is 30.0 Å². The van der Waals surface area contributed by atoms with Crippen molar-refractivity contribution in [3.8, 4) is 0 Å². The van der Waals surface area contributed by atoms with E-state index in [1.54, 1.807) is 0 Å². The predicted molar refractivity (Wildman–Crippen MR) is 135 cm³/mol. The first-order chi connectivity index (χ1) is 16.3. The fourth-order valence-electron chi connectivity index (χ4n) is 4.50. The van der Waals surface area contributed by atoms with Crippen molar-refractivity contribution in [2.75, 3.05) is 19.7 Å². The molecule has 1 amide bonds. The maximum atomic E-state index is 13.1. The van der Waals surface area contributed by atoms with Crippen molar-refractivity contribution < 1.29 is 19.2 Å². The Morgan fingerprint density at radius 2 is 1.88 bits per heavy atom. The molecule has 1 unspecified atom stereocenters. The zero-order valence-corrected chi connectivity index (χ0v) is 21.0. The number of aryl methyl sites for hydroxylation is 2. The number of oxime groups is 1. The molecule has 0 bridgehead atoms. The second-order valence-corrected chi connectivity index (χ2v) is 9.59. The van der Waals surface area contributed by atoms with E-state index in [4.69, 9.17) is 9.57 Å². The number of hydrogen-bond acceptors (Lipinski definition) is 5. The van der Waals surface area contributed by atoms with E-state index < -0.39 is 0 Å². The minimum atomic E-state index is -0.317. The Morgan fingerprint density at radius 3 is 2.65 bits per heavy atom. The first-order valence-corrected chi connectivity index (χ1v) is 12.4. The van der Waals surface area contributed by atoms with Gasteiger partial charge in [0.25, 0.3) is 5.91 Å². The minimum absolute atomic E-state index is 0.0302. The molecule has 0 saturated carbocycles. The van der Waals surface area contributed by atoms with E-state index in [9.17, 15) is 9.59 Å². The van der Waals surface area contributed by atoms with Gasteiger partial charge in [-0.05, 0) is 69.6 Å². The molecule has 1 fully saturated rings. The van der Waals surface area contributed by atoms with Crippen molar-refractivity contribution in [1.29, 1.82) is 0 Å². The van der Waals surface area contributed by atoms with E-state index in [0.717, 1.165) is 49.0 Å². The molecule has 2 atom stereocenters. The Morgan fingerprint density at radius 1 is 1.12 bits per heavy atom. The van der Waals surface area contributed by atoms with Gasteiger partial charge >= 0.3 is 5.97 Å². The Balaban J connectivity index is 1.86. The van der Waals surface area contributed by atoms with Gasteiger partial charge in [0.15, 0.2) is 6.61 Å². The lowest BCUT2D eigenvalue weighted by Gasteiger charge is -2.26. The lowest BCUT2D eigenvalue weighted by atomic mass is 9.94. The van der Waals surface area contributed by atoms with Gasteiger partial charge in [-0.25, -0.2) is 4.79 Å². The number of esters is 1. The average molecular weight is 467 g/mol. The van der Waals surface area contributed by atoms with Crippen molar-refractivity contribution in [2.24, 2.45) is 11.1 Å². The molecule has 0 spiro atoms. The van der Waals surface area contributed by atoms with E-state index in [1.165, 1.54) is 6.42 Å². The molecule has 6 heteroatoms. The first-order valence-electron chi connectivity index (χ1n) is 12.4. The van der Waals surface area contributed by atoms with E-state index >= 15 is 0 Å². The molecule has 2 aliphatic heterocycles. The summed E-state index contributed by atoms with van der Waals surface area (Å²) in [6.07, 6.45) is 13.3. The third-order valence-corrected chi connectivity index (χ3v) is 6.27. The summed E-state index contributed by atoms with van der Waals surface area (Å²) < 4.78 is 5.76. The molecule has 6 nitrogen and oxygen atoms in total. The normalized spacial score (nSPS) is 25.1. The van der Waals surface area contributed by atoms with Gasteiger partial charge < -0.3 is 14.5 Å². The smallest absolute Gasteiger partial charge is 0.338 e. The molecule has 0 radical (unpaired) electrons. The molecule has 1 saturated heterocycles. The summed E-state index contributed by atoms with van der Waals surface area (Å²) in [5, 5.41) is 4.32. The highest BCUT2D eigenvalue weighted by molar-refractivity contribution is 6.00. The molecule has 184 valence electrons. The zero-order chi connectivity index (χ0) is 24.5. The van der Waals surface area contributed by atoms with Crippen LogP contribution >= 0.6 is 0 Å². The van der Waals surface area contributed by atoms with Gasteiger partial charge in [-0.15, -0.1) is 0 Å². The van der Waals surface area contributed by atoms with Crippen molar-refractivity contribution in [3.05, 3.63) is 58.7 Å². The second kappa shape index (κ2) is 12.5. The zero-order valence-electron chi connectivity index (χ0n) is 21.0. The number of likely N-dealkylation sites (tertiary alicyclic amines) is 1. The summed E-state index contributed by atoms with van der Waals surface area (Å²) in [5.74, 6) is 0.00193. The molecular weight excluding hydrogens is 428 g/mol. The third-order valence-electron chi connectivity index (χ3n) is 6.27. The summed E-state index contributed by atoms with van der Waals surface area (Å²) in [6.45, 7) is 9.52. The molecule has 1 aromatic carbocycles. The van der Waals surface area contributed by atoms with Crippen LogP contribution in [0.15, 0.2) is 41.6 Å². The van der Waals surface area contributed by atoms with Crippen molar-refractivity contribution in [2.45, 2.75) is 72.3 Å². The van der Waals surface area contributed by atoms with Gasteiger partial charge in [0.2, 0.25) is 0 Å². The largest absolute Gasteiger partial charge is 0.459 e. The molecule has 0 N–H and O–H groups in total. The highest BCUT2D eigenvalue weighted by atomic mass is 16.6. The molecule has 3 rings (SSSR count). The van der Waals surface area contributed by atoms with Gasteiger partial charge in [0.1, 0.15) is 6.10 Å². The van der Waals surface area contributed by atoms with Gasteiger partial charge in [-0.2, -0.15) is 0 Å². The van der Waals surface area contributed by atoms with Crippen LogP contribution in [0, 0.1) is 19.8 Å². The van der Waals surface area contributed by atoms with Crippen LogP contribution in [-0.2, 0) is 20.8 Å². The van der Waals surface area contributed by atoms with Crippen LogP contribution in [0.2, 0.25) is 0 Å². The Kier molecular flexibility index (Phi) is 9.49. The standard InChI is InChI=1S/C28H38N2O4/c1-20-10-8-12-23(4)34-28(32)27-22(3)16-21(2)17-24(27)18-25(13-9-11-20)29-33-19-26(31)30-14-6-5-7-15-30/h8-10,13,16-17,20,23H,5-7,11-12,14-15,18-19H2,1-4H3/b10-8+,13-9+,29-25-/t20?,23-/m1/s1. The Hall–Kier alpha value is -2.89. The summed E-state index contributed by atoms with van der Waals surface area (Å²) in [4.78, 5) is 32.9. The molecule has 0 aliphatic carbocycles. The summed E-state index contributed by atoms with van der Waals surface area (Å²) in [5.41, 5.74) is 4.06. The maximum Gasteiger partial charge on any atom is 0.338 e. The van der Waals surface area contributed by atoms with Crippen LogP contribution in [0.4, 0.5) is 0 Å². The van der Waals surface area contributed by atoms with Crippen LogP contribution in [0.5, 0.6) is 0 Å². The highest BCUT2D eigenvalue weighted by Gasteiger charge is 2.21. The molecule has 2 heterocycles. The second-order valence-electron chi connectivity index (χ2n) is 9.59. The van der Waals surface area contributed by atoms with Crippen LogP contribution in [0.1, 0.15) is 73.0 Å². The maximum absolute atomic E-state index is 13.1. The first kappa shape index (κ1) is 25.7. The minimum Gasteiger partial charge on any atom is -0.459 e. The highest BCUT2D eigenvalue weighted by Crippen LogP contribution is 2.22. The van der Waals surface area contributed by atoms with Gasteiger partial charge in [-0.1, -0.05) is 48.0 Å². The summed E-state index contributed by atoms with van der Waals surface area (Å²) in [6, 6.07) is 4.00. The SMILES string of the molecule is Cc1cc(C)c2c(c1)CC(=N\OCC(=O)N1CCCCC1)/C=C/CC(C)/C=C/C[C@@H](C)OC2=O. The Labute approximate surface area is 203 Å². The quantitative estimate of drug-likeness (QED) is 0.344. The van der Waals surface area contributed by atoms with Crippen molar-refractivity contribution in [3.63, 3.8) is 0 Å². The number of cyclic esters (lactones) is 1. The number of hydrogen-bond donors (Lipinski definition) is 0. The number of fused-ring (bicyclic) bond motifs is 1. The fraction of sp³-hybridized carbons (Fsp3) is 0.536.